The van der Waals surface area contributed by atoms with E-state index in [0.29, 0.717) is 12.0 Å². The molecule has 0 aromatic carbocycles. The number of aliphatic hydroxyl groups is 1. The van der Waals surface area contributed by atoms with E-state index < -0.39 is 0 Å². The summed E-state index contributed by atoms with van der Waals surface area (Å²) < 4.78 is 0. The molecular formula is C18H27NOS. The van der Waals surface area contributed by atoms with E-state index in [1.54, 1.807) is 11.3 Å². The molecule has 0 saturated heterocycles. The largest absolute Gasteiger partial charge is 0.392 e. The van der Waals surface area contributed by atoms with Crippen molar-refractivity contribution in [2.45, 2.75) is 57.0 Å². The van der Waals surface area contributed by atoms with Gasteiger partial charge in [0.15, 0.2) is 0 Å². The van der Waals surface area contributed by atoms with Gasteiger partial charge in [-0.1, -0.05) is 6.07 Å². The summed E-state index contributed by atoms with van der Waals surface area (Å²) in [6.07, 6.45) is 9.26. The second-order valence-electron chi connectivity index (χ2n) is 8.05. The third kappa shape index (κ3) is 2.58. The maximum atomic E-state index is 10.9. The van der Waals surface area contributed by atoms with Gasteiger partial charge in [-0.2, -0.15) is 0 Å². The average molecular weight is 305 g/mol. The standard InChI is InChI=1S/C18H27NOS/c19-11-15(17-2-1-3-21-17)16(20)10-18-7-12-4-13(8-18)6-14(5-12)9-18/h1-3,12-16,20H,4-11,19H2. The van der Waals surface area contributed by atoms with Gasteiger partial charge in [-0.25, -0.2) is 0 Å². The molecule has 1 heterocycles. The van der Waals surface area contributed by atoms with Gasteiger partial charge < -0.3 is 10.8 Å². The smallest absolute Gasteiger partial charge is 0.0634 e. The molecule has 0 aliphatic heterocycles. The lowest BCUT2D eigenvalue weighted by atomic mass is 9.48. The zero-order valence-electron chi connectivity index (χ0n) is 12.7. The quantitative estimate of drug-likeness (QED) is 0.870. The third-order valence-electron chi connectivity index (χ3n) is 6.43. The Morgan fingerprint density at radius 1 is 1.19 bits per heavy atom. The van der Waals surface area contributed by atoms with E-state index in [0.717, 1.165) is 24.2 Å². The monoisotopic (exact) mass is 305 g/mol. The van der Waals surface area contributed by atoms with Crippen molar-refractivity contribution in [1.82, 2.24) is 0 Å². The molecule has 0 amide bonds. The van der Waals surface area contributed by atoms with E-state index in [9.17, 15) is 5.11 Å². The van der Waals surface area contributed by atoms with E-state index in [1.807, 2.05) is 0 Å². The molecule has 4 saturated carbocycles. The molecule has 2 unspecified atom stereocenters. The minimum Gasteiger partial charge on any atom is -0.392 e. The van der Waals surface area contributed by atoms with E-state index >= 15 is 0 Å². The van der Waals surface area contributed by atoms with E-state index in [1.165, 1.54) is 43.4 Å². The molecule has 1 aromatic heterocycles. The van der Waals surface area contributed by atoms with Crippen LogP contribution in [0.15, 0.2) is 17.5 Å². The van der Waals surface area contributed by atoms with Crippen LogP contribution in [0.2, 0.25) is 0 Å². The molecule has 3 N–H and O–H groups in total. The van der Waals surface area contributed by atoms with Gasteiger partial charge in [-0.3, -0.25) is 0 Å². The Bertz CT molecular complexity index is 448. The second kappa shape index (κ2) is 5.36. The lowest BCUT2D eigenvalue weighted by molar-refractivity contribution is -0.0785. The molecule has 0 radical (unpaired) electrons. The summed E-state index contributed by atoms with van der Waals surface area (Å²) in [4.78, 5) is 1.26. The maximum absolute atomic E-state index is 10.9. The Morgan fingerprint density at radius 3 is 2.29 bits per heavy atom. The molecule has 1 aromatic rings. The summed E-state index contributed by atoms with van der Waals surface area (Å²) in [6.45, 7) is 0.564. The van der Waals surface area contributed by atoms with Gasteiger partial charge in [-0.15, -0.1) is 11.3 Å². The van der Waals surface area contributed by atoms with Crippen molar-refractivity contribution in [1.29, 1.82) is 0 Å². The molecule has 3 heteroatoms. The fourth-order valence-electron chi connectivity index (χ4n) is 6.09. The predicted molar refractivity (Wildman–Crippen MR) is 87.3 cm³/mol. The fraction of sp³-hybridized carbons (Fsp3) is 0.778. The molecule has 4 bridgehead atoms. The average Bonchev–Trinajstić information content (AvgIpc) is 2.91. The summed E-state index contributed by atoms with van der Waals surface area (Å²) in [5.74, 6) is 3.02. The van der Waals surface area contributed by atoms with E-state index in [2.05, 4.69) is 17.5 Å². The molecule has 4 fully saturated rings. The van der Waals surface area contributed by atoms with Crippen LogP contribution in [0.3, 0.4) is 0 Å². The van der Waals surface area contributed by atoms with Gasteiger partial charge in [0.25, 0.3) is 0 Å². The first-order valence-corrected chi connectivity index (χ1v) is 9.47. The molecule has 2 atom stereocenters. The molecule has 4 aliphatic carbocycles. The van der Waals surface area contributed by atoms with Crippen LogP contribution in [-0.4, -0.2) is 17.8 Å². The topological polar surface area (TPSA) is 46.2 Å². The maximum Gasteiger partial charge on any atom is 0.0634 e. The van der Waals surface area contributed by atoms with Crippen molar-refractivity contribution in [2.24, 2.45) is 28.9 Å². The van der Waals surface area contributed by atoms with Crippen LogP contribution in [0, 0.1) is 23.2 Å². The Hall–Kier alpha value is -0.380. The highest BCUT2D eigenvalue weighted by Crippen LogP contribution is 2.62. The van der Waals surface area contributed by atoms with Gasteiger partial charge in [0.2, 0.25) is 0 Å². The number of hydrogen-bond donors (Lipinski definition) is 2. The van der Waals surface area contributed by atoms with Crippen molar-refractivity contribution in [3.63, 3.8) is 0 Å². The van der Waals surface area contributed by atoms with Gasteiger partial charge in [0.05, 0.1) is 6.10 Å². The summed E-state index contributed by atoms with van der Waals surface area (Å²) in [6, 6.07) is 4.20. The van der Waals surface area contributed by atoms with Gasteiger partial charge in [-0.05, 0) is 79.6 Å². The van der Waals surface area contributed by atoms with Crippen LogP contribution in [0.4, 0.5) is 0 Å². The molecular weight excluding hydrogens is 278 g/mol. The molecule has 2 nitrogen and oxygen atoms in total. The van der Waals surface area contributed by atoms with Gasteiger partial charge in [0.1, 0.15) is 0 Å². The normalized spacial score (nSPS) is 40.4. The summed E-state index contributed by atoms with van der Waals surface area (Å²) in [5.41, 5.74) is 6.42. The van der Waals surface area contributed by atoms with Crippen LogP contribution in [0.5, 0.6) is 0 Å². The van der Waals surface area contributed by atoms with Crippen molar-refractivity contribution in [2.75, 3.05) is 6.54 Å². The predicted octanol–water partition coefficient (Wildman–Crippen LogP) is 3.76. The zero-order valence-corrected chi connectivity index (χ0v) is 13.5. The van der Waals surface area contributed by atoms with E-state index in [-0.39, 0.29) is 12.0 Å². The van der Waals surface area contributed by atoms with Crippen molar-refractivity contribution >= 4 is 11.3 Å². The molecule has 0 spiro atoms. The van der Waals surface area contributed by atoms with Crippen LogP contribution < -0.4 is 5.73 Å². The lowest BCUT2D eigenvalue weighted by Gasteiger charge is -2.57. The Kier molecular flexibility index (Phi) is 3.63. The number of nitrogens with two attached hydrogens (primary N) is 1. The summed E-state index contributed by atoms with van der Waals surface area (Å²) >= 11 is 1.74. The Balaban J connectivity index is 1.50. The molecule has 21 heavy (non-hydrogen) atoms. The number of rotatable bonds is 5. The second-order valence-corrected chi connectivity index (χ2v) is 9.03. The zero-order chi connectivity index (χ0) is 14.4. The first-order valence-electron chi connectivity index (χ1n) is 8.59. The van der Waals surface area contributed by atoms with Crippen molar-refractivity contribution in [3.8, 4) is 0 Å². The van der Waals surface area contributed by atoms with Crippen LogP contribution in [-0.2, 0) is 0 Å². The van der Waals surface area contributed by atoms with Gasteiger partial charge in [0, 0.05) is 17.3 Å². The van der Waals surface area contributed by atoms with E-state index in [4.69, 9.17) is 5.73 Å². The minimum absolute atomic E-state index is 0.137. The highest BCUT2D eigenvalue weighted by atomic mass is 32.1. The SMILES string of the molecule is NCC(c1cccs1)C(O)CC12CC3CC(CC(C3)C1)C2. The highest BCUT2D eigenvalue weighted by Gasteiger charge is 2.51. The van der Waals surface area contributed by atoms with Crippen LogP contribution in [0.25, 0.3) is 0 Å². The summed E-state index contributed by atoms with van der Waals surface area (Å²) in [5, 5.41) is 13.0. The minimum atomic E-state index is -0.259. The molecule has 5 rings (SSSR count). The Morgan fingerprint density at radius 2 is 1.81 bits per heavy atom. The van der Waals surface area contributed by atoms with Gasteiger partial charge >= 0.3 is 0 Å². The third-order valence-corrected chi connectivity index (χ3v) is 7.44. The number of aliphatic hydroxyl groups excluding tert-OH is 1. The Labute approximate surface area is 131 Å². The van der Waals surface area contributed by atoms with Crippen molar-refractivity contribution < 1.29 is 5.11 Å². The molecule has 4 aliphatic rings. The van der Waals surface area contributed by atoms with Crippen LogP contribution >= 0.6 is 11.3 Å². The lowest BCUT2D eigenvalue weighted by Crippen LogP contribution is -2.48. The summed E-state index contributed by atoms with van der Waals surface area (Å²) in [7, 11) is 0. The molecule has 116 valence electrons. The first kappa shape index (κ1) is 14.2. The van der Waals surface area contributed by atoms with Crippen LogP contribution in [0.1, 0.15) is 55.7 Å². The fourth-order valence-corrected chi connectivity index (χ4v) is 6.99. The van der Waals surface area contributed by atoms with Crippen molar-refractivity contribution in [3.05, 3.63) is 22.4 Å². The first-order chi connectivity index (χ1) is 10.2. The highest BCUT2D eigenvalue weighted by molar-refractivity contribution is 7.10. The number of hydrogen-bond acceptors (Lipinski definition) is 3. The number of thiophene rings is 1.